The summed E-state index contributed by atoms with van der Waals surface area (Å²) in [4.78, 5) is 12.8. The lowest BCUT2D eigenvalue weighted by Gasteiger charge is -2.39. The van der Waals surface area contributed by atoms with Gasteiger partial charge in [0, 0.05) is 11.8 Å². The number of rotatable bonds is 3. The quantitative estimate of drug-likeness (QED) is 0.650. The summed E-state index contributed by atoms with van der Waals surface area (Å²) >= 11 is 6.27. The minimum absolute atomic E-state index is 0.0303. The van der Waals surface area contributed by atoms with Crippen LogP contribution in [0.2, 0.25) is 0 Å². The van der Waals surface area contributed by atoms with Gasteiger partial charge < -0.3 is 4.74 Å². The summed E-state index contributed by atoms with van der Waals surface area (Å²) in [6.45, 7) is 4.74. The van der Waals surface area contributed by atoms with E-state index < -0.39 is 11.5 Å². The zero-order chi connectivity index (χ0) is 17.3. The summed E-state index contributed by atoms with van der Waals surface area (Å²) in [6.07, 6.45) is 7.76. The van der Waals surface area contributed by atoms with Crippen LogP contribution < -0.4 is 0 Å². The molecule has 0 amide bonds. The van der Waals surface area contributed by atoms with Crippen LogP contribution in [0.1, 0.15) is 65.2 Å². The first-order valence-electron chi connectivity index (χ1n) is 9.90. The maximum atomic E-state index is 14.2. The van der Waals surface area contributed by atoms with Gasteiger partial charge in [0.05, 0.1) is 18.1 Å². The third-order valence-electron chi connectivity index (χ3n) is 6.83. The Morgan fingerprint density at radius 3 is 2.33 bits per heavy atom. The van der Waals surface area contributed by atoms with Gasteiger partial charge in [-0.15, -0.1) is 11.6 Å². The topological polar surface area (TPSA) is 26.3 Å². The molecule has 4 heteroatoms. The van der Waals surface area contributed by atoms with Gasteiger partial charge in [-0.25, -0.2) is 4.39 Å². The number of hydrogen-bond acceptors (Lipinski definition) is 2. The van der Waals surface area contributed by atoms with Crippen LogP contribution in [-0.4, -0.2) is 30.0 Å². The molecule has 0 bridgehead atoms. The van der Waals surface area contributed by atoms with Gasteiger partial charge in [0.1, 0.15) is 12.0 Å². The van der Waals surface area contributed by atoms with Crippen LogP contribution in [0, 0.1) is 29.6 Å². The Morgan fingerprint density at radius 2 is 1.71 bits per heavy atom. The fourth-order valence-corrected chi connectivity index (χ4v) is 5.42. The second-order valence-electron chi connectivity index (χ2n) is 8.62. The maximum Gasteiger partial charge on any atom is 0.142 e. The van der Waals surface area contributed by atoms with Gasteiger partial charge in [0.2, 0.25) is 0 Å². The fraction of sp³-hybridized carbons (Fsp3) is 0.950. The molecule has 0 N–H and O–H groups in total. The zero-order valence-electron chi connectivity index (χ0n) is 15.1. The van der Waals surface area contributed by atoms with E-state index in [0.717, 1.165) is 31.6 Å². The lowest BCUT2D eigenvalue weighted by Crippen LogP contribution is -2.44. The Kier molecular flexibility index (Phi) is 6.24. The molecule has 0 radical (unpaired) electrons. The van der Waals surface area contributed by atoms with Crippen molar-refractivity contribution in [2.45, 2.75) is 82.9 Å². The van der Waals surface area contributed by atoms with Crippen molar-refractivity contribution >= 4 is 17.4 Å². The van der Waals surface area contributed by atoms with E-state index in [4.69, 9.17) is 16.3 Å². The number of ether oxygens (including phenoxy) is 1. The monoisotopic (exact) mass is 358 g/mol. The predicted molar refractivity (Wildman–Crippen MR) is 95.0 cm³/mol. The number of halogens is 2. The highest BCUT2D eigenvalue weighted by atomic mass is 35.5. The zero-order valence-corrected chi connectivity index (χ0v) is 15.8. The highest BCUT2D eigenvalue weighted by Crippen LogP contribution is 2.40. The lowest BCUT2D eigenvalue weighted by molar-refractivity contribution is -0.137. The Hall–Kier alpha value is -0.150. The van der Waals surface area contributed by atoms with Gasteiger partial charge in [0.15, 0.2) is 0 Å². The first kappa shape index (κ1) is 18.6. The molecular formula is C20H32ClFO2. The van der Waals surface area contributed by atoms with Gasteiger partial charge in [-0.2, -0.15) is 0 Å². The molecule has 0 aromatic carbocycles. The molecule has 2 nitrogen and oxygen atoms in total. The summed E-state index contributed by atoms with van der Waals surface area (Å²) in [5.74, 6) is 1.25. The van der Waals surface area contributed by atoms with Gasteiger partial charge in [-0.05, 0) is 56.3 Å². The average Bonchev–Trinajstić information content (AvgIpc) is 2.60. The fourth-order valence-electron chi connectivity index (χ4n) is 4.92. The minimum atomic E-state index is -1.06. The Labute approximate surface area is 150 Å². The van der Waals surface area contributed by atoms with E-state index in [2.05, 4.69) is 6.92 Å². The molecule has 138 valence electrons. The molecule has 0 spiro atoms. The second kappa shape index (κ2) is 8.03. The van der Waals surface area contributed by atoms with Crippen molar-refractivity contribution in [2.75, 3.05) is 6.61 Å². The molecular weight excluding hydrogens is 327 g/mol. The number of hydrogen-bond donors (Lipinski definition) is 0. The van der Waals surface area contributed by atoms with Crippen molar-refractivity contribution in [2.24, 2.45) is 29.6 Å². The van der Waals surface area contributed by atoms with Crippen LogP contribution in [0.15, 0.2) is 0 Å². The molecule has 1 heterocycles. The molecule has 3 aliphatic rings. The molecule has 1 aliphatic heterocycles. The van der Waals surface area contributed by atoms with Crippen LogP contribution in [-0.2, 0) is 9.53 Å². The normalized spacial score (nSPS) is 47.3. The molecule has 3 fully saturated rings. The van der Waals surface area contributed by atoms with Crippen LogP contribution in [0.3, 0.4) is 0 Å². The molecule has 2 aliphatic carbocycles. The lowest BCUT2D eigenvalue weighted by atomic mass is 9.74. The predicted octanol–water partition coefficient (Wildman–Crippen LogP) is 5.17. The molecule has 6 atom stereocenters. The number of carbonyl (C=O) groups excluding carboxylic acids is 1. The van der Waals surface area contributed by atoms with Gasteiger partial charge in [-0.3, -0.25) is 4.79 Å². The molecule has 0 aromatic heterocycles. The Morgan fingerprint density at radius 1 is 1.00 bits per heavy atom. The van der Waals surface area contributed by atoms with E-state index >= 15 is 0 Å². The highest BCUT2D eigenvalue weighted by molar-refractivity contribution is 6.22. The second-order valence-corrected chi connectivity index (χ2v) is 9.12. The SMILES string of the molecule is CC1CCC(C2CCC(C(=O)C3CCC(C)C(F)C3Cl)CO2)CC1. The minimum Gasteiger partial charge on any atom is -0.377 e. The largest absolute Gasteiger partial charge is 0.377 e. The van der Waals surface area contributed by atoms with E-state index in [-0.39, 0.29) is 23.5 Å². The van der Waals surface area contributed by atoms with Crippen molar-refractivity contribution in [3.63, 3.8) is 0 Å². The number of alkyl halides is 2. The summed E-state index contributed by atoms with van der Waals surface area (Å²) < 4.78 is 20.3. The van der Waals surface area contributed by atoms with Gasteiger partial charge >= 0.3 is 0 Å². The van der Waals surface area contributed by atoms with Crippen molar-refractivity contribution in [1.82, 2.24) is 0 Å². The molecule has 1 saturated heterocycles. The summed E-state index contributed by atoms with van der Waals surface area (Å²) in [5.41, 5.74) is 0. The van der Waals surface area contributed by atoms with Gasteiger partial charge in [-0.1, -0.05) is 26.7 Å². The van der Waals surface area contributed by atoms with E-state index in [0.29, 0.717) is 18.6 Å². The molecule has 0 aromatic rings. The summed E-state index contributed by atoms with van der Waals surface area (Å²) in [6, 6.07) is 0. The number of carbonyl (C=O) groups is 1. The molecule has 24 heavy (non-hydrogen) atoms. The van der Waals surface area contributed by atoms with Crippen molar-refractivity contribution < 1.29 is 13.9 Å². The van der Waals surface area contributed by atoms with Crippen molar-refractivity contribution in [1.29, 1.82) is 0 Å². The van der Waals surface area contributed by atoms with E-state index in [1.165, 1.54) is 25.7 Å². The number of Topliss-reactive ketones (excluding diaryl/α,β-unsaturated/α-hetero) is 1. The van der Waals surface area contributed by atoms with Crippen LogP contribution in [0.5, 0.6) is 0 Å². The molecule has 6 unspecified atom stereocenters. The number of ketones is 1. The summed E-state index contributed by atoms with van der Waals surface area (Å²) in [7, 11) is 0. The maximum absolute atomic E-state index is 14.2. The van der Waals surface area contributed by atoms with Crippen LogP contribution >= 0.6 is 11.6 Å². The van der Waals surface area contributed by atoms with E-state index in [9.17, 15) is 9.18 Å². The Bertz CT molecular complexity index is 427. The first-order chi connectivity index (χ1) is 11.5. The average molecular weight is 359 g/mol. The van der Waals surface area contributed by atoms with Gasteiger partial charge in [0.25, 0.3) is 0 Å². The highest BCUT2D eigenvalue weighted by Gasteiger charge is 2.43. The van der Waals surface area contributed by atoms with Crippen LogP contribution in [0.4, 0.5) is 4.39 Å². The third kappa shape index (κ3) is 3.98. The first-order valence-corrected chi connectivity index (χ1v) is 10.3. The van der Waals surface area contributed by atoms with Crippen molar-refractivity contribution in [3.8, 4) is 0 Å². The standard InChI is InChI=1S/C20H32ClFO2/c1-12-3-6-14(7-4-12)17-10-8-15(11-24-17)20(23)16-9-5-13(2)19(22)18(16)21/h12-19H,3-11H2,1-2H3. The van der Waals surface area contributed by atoms with Crippen LogP contribution in [0.25, 0.3) is 0 Å². The smallest absolute Gasteiger partial charge is 0.142 e. The molecule has 3 rings (SSSR count). The molecule has 2 saturated carbocycles. The van der Waals surface area contributed by atoms with E-state index in [1.54, 1.807) is 0 Å². The van der Waals surface area contributed by atoms with Crippen molar-refractivity contribution in [3.05, 3.63) is 0 Å². The third-order valence-corrected chi connectivity index (χ3v) is 7.38. The summed E-state index contributed by atoms with van der Waals surface area (Å²) in [5, 5.41) is -0.654. The van der Waals surface area contributed by atoms with E-state index in [1.807, 2.05) is 6.92 Å². The Balaban J connectivity index is 1.50.